The van der Waals surface area contributed by atoms with Crippen LogP contribution in [0.1, 0.15) is 37.7 Å². The maximum absolute atomic E-state index is 12.8. The van der Waals surface area contributed by atoms with Gasteiger partial charge in [-0.15, -0.1) is 0 Å². The Hall–Kier alpha value is -5.83. The summed E-state index contributed by atoms with van der Waals surface area (Å²) in [5.41, 5.74) is 7.08. The Morgan fingerprint density at radius 3 is 2.53 bits per heavy atom. The molecule has 2 aromatic rings. The summed E-state index contributed by atoms with van der Waals surface area (Å²) in [4.78, 5) is 77.9. The first-order valence-corrected chi connectivity index (χ1v) is 15.6. The number of aliphatic hydroxyl groups excluding tert-OH is 2. The number of azide groups is 1. The van der Waals surface area contributed by atoms with E-state index in [2.05, 4.69) is 41.5 Å². The Balaban J connectivity index is 1.18. The van der Waals surface area contributed by atoms with E-state index in [9.17, 15) is 39.0 Å². The van der Waals surface area contributed by atoms with E-state index < -0.39 is 84.1 Å². The first kappa shape index (κ1) is 38.0. The predicted octanol–water partition coefficient (Wildman–Crippen LogP) is -0.777. The third kappa shape index (κ3) is 11.4. The van der Waals surface area contributed by atoms with Crippen molar-refractivity contribution in [1.82, 2.24) is 30.8 Å². The average Bonchev–Trinajstić information content (AvgIpc) is 3.79. The molecule has 0 saturated carbocycles. The van der Waals surface area contributed by atoms with Gasteiger partial charge in [0.2, 0.25) is 17.5 Å². The molecule has 51 heavy (non-hydrogen) atoms. The highest BCUT2D eigenvalue weighted by Crippen LogP contribution is 2.28. The number of H-pyrrole nitrogens is 1. The highest BCUT2D eigenvalue weighted by atomic mass is 16.6. The molecule has 1 aromatic carbocycles. The number of rotatable bonds is 17. The SMILES string of the molecule is CC1(CNC(=O)C(CN=[N+]=[N-])NC(=O)OC(CCCOC(=O)NCC(=O)NCC2OC(n3ccc(=O)[nH]c3=O)C(O)C2O)c2ccccc2)N=N1. The number of carbonyl (C=O) groups excluding carboxylic acids is 4. The number of amides is 4. The zero-order valence-corrected chi connectivity index (χ0v) is 27.2. The fourth-order valence-electron chi connectivity index (χ4n) is 4.78. The molecule has 3 heterocycles. The van der Waals surface area contributed by atoms with E-state index >= 15 is 0 Å². The van der Waals surface area contributed by atoms with Crippen LogP contribution in [0.15, 0.2) is 67.5 Å². The maximum atomic E-state index is 12.8. The molecule has 1 saturated heterocycles. The molecule has 6 unspecified atom stereocenters. The molecule has 4 amide bonds. The number of aromatic nitrogens is 2. The summed E-state index contributed by atoms with van der Waals surface area (Å²) in [6.07, 6.45) is -6.62. The van der Waals surface area contributed by atoms with Gasteiger partial charge in [-0.1, -0.05) is 35.4 Å². The predicted molar refractivity (Wildman–Crippen MR) is 172 cm³/mol. The van der Waals surface area contributed by atoms with Gasteiger partial charge in [-0.25, -0.2) is 14.4 Å². The van der Waals surface area contributed by atoms with Gasteiger partial charge in [0.1, 0.15) is 30.5 Å². The number of aromatic amines is 1. The van der Waals surface area contributed by atoms with Crippen molar-refractivity contribution in [2.45, 2.75) is 62.1 Å². The number of nitrogens with one attached hydrogen (secondary N) is 5. The number of nitrogens with zero attached hydrogens (tertiary/aromatic N) is 6. The van der Waals surface area contributed by atoms with Crippen LogP contribution in [0.3, 0.4) is 0 Å². The minimum Gasteiger partial charge on any atom is -0.450 e. The van der Waals surface area contributed by atoms with E-state index in [0.717, 1.165) is 16.8 Å². The minimum atomic E-state index is -1.54. The second kappa shape index (κ2) is 17.7. The zero-order chi connectivity index (χ0) is 37.0. The molecule has 22 heteroatoms. The summed E-state index contributed by atoms with van der Waals surface area (Å²) in [7, 11) is 0. The number of alkyl carbamates (subject to hydrolysis) is 2. The van der Waals surface area contributed by atoms with E-state index in [1.54, 1.807) is 37.3 Å². The van der Waals surface area contributed by atoms with Gasteiger partial charge in [0.05, 0.1) is 26.2 Å². The number of hydrogen-bond donors (Lipinski definition) is 7. The van der Waals surface area contributed by atoms with Crippen LogP contribution < -0.4 is 32.5 Å². The first-order chi connectivity index (χ1) is 24.4. The van der Waals surface area contributed by atoms with Crippen LogP contribution in [-0.4, -0.2) is 107 Å². The quantitative estimate of drug-likeness (QED) is 0.0461. The Kier molecular flexibility index (Phi) is 13.2. The van der Waals surface area contributed by atoms with Crippen molar-refractivity contribution >= 4 is 24.0 Å². The lowest BCUT2D eigenvalue weighted by molar-refractivity contribution is -0.123. The number of hydrogen-bond acceptors (Lipinski definition) is 14. The highest BCUT2D eigenvalue weighted by molar-refractivity contribution is 5.86. The fourth-order valence-corrected chi connectivity index (χ4v) is 4.78. The molecule has 4 rings (SSSR count). The highest BCUT2D eigenvalue weighted by Gasteiger charge is 2.44. The maximum Gasteiger partial charge on any atom is 0.408 e. The first-order valence-electron chi connectivity index (χ1n) is 15.6. The Morgan fingerprint density at radius 2 is 1.84 bits per heavy atom. The average molecular weight is 716 g/mol. The minimum absolute atomic E-state index is 0.0934. The number of benzene rings is 1. The van der Waals surface area contributed by atoms with Gasteiger partial charge in [-0.2, -0.15) is 10.2 Å². The van der Waals surface area contributed by atoms with Gasteiger partial charge < -0.3 is 45.7 Å². The molecule has 0 aliphatic carbocycles. The Morgan fingerprint density at radius 1 is 1.10 bits per heavy atom. The van der Waals surface area contributed by atoms with Crippen molar-refractivity contribution < 1.29 is 43.6 Å². The van der Waals surface area contributed by atoms with Crippen molar-refractivity contribution in [3.63, 3.8) is 0 Å². The normalized spacial score (nSPS) is 20.9. The van der Waals surface area contributed by atoms with Crippen molar-refractivity contribution in [3.8, 4) is 0 Å². The lowest BCUT2D eigenvalue weighted by atomic mass is 10.1. The summed E-state index contributed by atoms with van der Waals surface area (Å²) >= 11 is 0. The largest absolute Gasteiger partial charge is 0.450 e. The lowest BCUT2D eigenvalue weighted by Crippen LogP contribution is -2.50. The van der Waals surface area contributed by atoms with Crippen LogP contribution in [0.5, 0.6) is 0 Å². The van der Waals surface area contributed by atoms with Crippen LogP contribution in [0.2, 0.25) is 0 Å². The number of ether oxygens (including phenoxy) is 3. The summed E-state index contributed by atoms with van der Waals surface area (Å²) in [5, 5.41) is 41.3. The van der Waals surface area contributed by atoms with E-state index in [-0.39, 0.29) is 39.1 Å². The van der Waals surface area contributed by atoms with Gasteiger partial charge >= 0.3 is 17.9 Å². The molecule has 0 spiro atoms. The summed E-state index contributed by atoms with van der Waals surface area (Å²) in [6.45, 7) is 0.511. The number of aliphatic hydroxyl groups is 2. The third-order valence-corrected chi connectivity index (χ3v) is 7.60. The molecule has 7 N–H and O–H groups in total. The lowest BCUT2D eigenvalue weighted by Gasteiger charge is -2.21. The van der Waals surface area contributed by atoms with Gasteiger partial charge in [0.15, 0.2) is 6.23 Å². The van der Waals surface area contributed by atoms with Crippen LogP contribution >= 0.6 is 0 Å². The summed E-state index contributed by atoms with van der Waals surface area (Å²) < 4.78 is 17.1. The molecule has 274 valence electrons. The van der Waals surface area contributed by atoms with Gasteiger partial charge in [0, 0.05) is 23.7 Å². The van der Waals surface area contributed by atoms with Crippen molar-refractivity contribution in [2.75, 3.05) is 32.8 Å². The second-order valence-electron chi connectivity index (χ2n) is 11.5. The molecule has 0 bridgehead atoms. The summed E-state index contributed by atoms with van der Waals surface area (Å²) in [5.74, 6) is -1.30. The summed E-state index contributed by atoms with van der Waals surface area (Å²) in [6, 6.07) is 8.49. The zero-order valence-electron chi connectivity index (χ0n) is 27.2. The van der Waals surface area contributed by atoms with Crippen molar-refractivity contribution in [2.24, 2.45) is 15.3 Å². The van der Waals surface area contributed by atoms with Crippen LogP contribution in [0.4, 0.5) is 9.59 Å². The second-order valence-corrected chi connectivity index (χ2v) is 11.5. The topological polar surface area (TPSA) is 313 Å². The molecule has 0 radical (unpaired) electrons. The van der Waals surface area contributed by atoms with Crippen LogP contribution in [0.25, 0.3) is 10.4 Å². The van der Waals surface area contributed by atoms with Gasteiger partial charge in [-0.05, 0) is 30.9 Å². The van der Waals surface area contributed by atoms with E-state index in [1.165, 1.54) is 0 Å². The Labute approximate surface area is 288 Å². The van der Waals surface area contributed by atoms with Crippen molar-refractivity contribution in [3.05, 3.63) is 79.4 Å². The molecule has 22 nitrogen and oxygen atoms in total. The molecule has 2 aliphatic heterocycles. The van der Waals surface area contributed by atoms with E-state index in [0.29, 0.717) is 5.56 Å². The van der Waals surface area contributed by atoms with Gasteiger partial charge in [0.25, 0.3) is 5.56 Å². The fraction of sp³-hybridized carbons (Fsp3) is 0.517. The third-order valence-electron chi connectivity index (χ3n) is 7.60. The molecule has 1 aromatic heterocycles. The molecular formula is C29H37N11O11. The Bertz CT molecular complexity index is 1740. The standard InChI is InChI=1S/C29H37N11O11/c1-29(37-38-29)15-33-24(45)17(12-34-39-30)35-28(48)51-18(16-6-3-2-4-7-16)8-5-11-49-27(47)32-14-21(42)31-13-19-22(43)23(44)25(50-19)40-10-9-20(41)36-26(40)46/h2-4,6-7,9-10,17-19,22-23,25,43-44H,5,8,11-15H2,1H3,(H,31,42)(H,32,47)(H,33,45)(H,35,48)(H,36,41,46). The molecular weight excluding hydrogens is 678 g/mol. The van der Waals surface area contributed by atoms with Crippen molar-refractivity contribution in [1.29, 1.82) is 0 Å². The van der Waals surface area contributed by atoms with E-state index in [1.807, 2.05) is 4.98 Å². The van der Waals surface area contributed by atoms with Gasteiger partial charge in [-0.3, -0.25) is 23.9 Å². The molecule has 2 aliphatic rings. The van der Waals surface area contributed by atoms with E-state index in [4.69, 9.17) is 19.7 Å². The number of carbonyl (C=O) groups is 4. The van der Waals surface area contributed by atoms with Crippen LogP contribution in [0, 0.1) is 0 Å². The molecule has 6 atom stereocenters. The monoisotopic (exact) mass is 715 g/mol. The smallest absolute Gasteiger partial charge is 0.408 e. The van der Waals surface area contributed by atoms with Crippen LogP contribution in [-0.2, 0) is 23.8 Å². The molecule has 1 fully saturated rings.